The molecular weight excluding hydrogens is 247 g/mol. The molecule has 0 bridgehead atoms. The summed E-state index contributed by atoms with van der Waals surface area (Å²) in [5.74, 6) is 1.22. The largest absolute Gasteiger partial charge is 0.341 e. The smallest absolute Gasteiger partial charge is 0.151 e. The van der Waals surface area contributed by atoms with Gasteiger partial charge in [-0.1, -0.05) is 24.3 Å². The van der Waals surface area contributed by atoms with Gasteiger partial charge in [-0.2, -0.15) is 0 Å². The number of H-pyrrole nitrogens is 1. The van der Waals surface area contributed by atoms with Crippen molar-refractivity contribution in [2.24, 2.45) is 0 Å². The van der Waals surface area contributed by atoms with E-state index in [2.05, 4.69) is 9.97 Å². The summed E-state index contributed by atoms with van der Waals surface area (Å²) in [5, 5.41) is 0. The van der Waals surface area contributed by atoms with Crippen molar-refractivity contribution < 1.29 is 4.39 Å². The fourth-order valence-corrected chi connectivity index (χ4v) is 2.57. The molecule has 1 aromatic heterocycles. The molecule has 0 aliphatic carbocycles. The molecule has 3 rings (SSSR count). The van der Waals surface area contributed by atoms with Crippen LogP contribution < -0.4 is 0 Å². The number of fused-ring (bicyclic) bond motifs is 1. The van der Waals surface area contributed by atoms with Crippen molar-refractivity contribution in [2.75, 3.05) is 0 Å². The third kappa shape index (κ3) is 2.24. The maximum atomic E-state index is 13.5. The molecule has 0 amide bonds. The lowest BCUT2D eigenvalue weighted by molar-refractivity contribution is 0.637. The van der Waals surface area contributed by atoms with Crippen molar-refractivity contribution in [3.05, 3.63) is 60.2 Å². The van der Waals surface area contributed by atoms with Crippen LogP contribution in [-0.4, -0.2) is 9.97 Å². The van der Waals surface area contributed by atoms with Gasteiger partial charge in [0.2, 0.25) is 0 Å². The van der Waals surface area contributed by atoms with Gasteiger partial charge in [0.05, 0.1) is 11.3 Å². The first-order valence-electron chi connectivity index (χ1n) is 5.64. The monoisotopic (exact) mass is 258 g/mol. The highest BCUT2D eigenvalue weighted by Crippen LogP contribution is 2.23. The zero-order valence-corrected chi connectivity index (χ0v) is 10.4. The molecular formula is C14H11FN2S. The van der Waals surface area contributed by atoms with Gasteiger partial charge in [-0.3, -0.25) is 0 Å². The second-order valence-corrected chi connectivity index (χ2v) is 4.97. The van der Waals surface area contributed by atoms with E-state index in [9.17, 15) is 4.39 Å². The van der Waals surface area contributed by atoms with Crippen molar-refractivity contribution in [3.8, 4) is 0 Å². The number of benzene rings is 2. The van der Waals surface area contributed by atoms with E-state index in [0.29, 0.717) is 11.3 Å². The number of imidazole rings is 1. The van der Waals surface area contributed by atoms with E-state index in [4.69, 9.17) is 0 Å². The normalized spacial score (nSPS) is 10.9. The molecule has 1 heterocycles. The molecule has 0 aliphatic rings. The van der Waals surface area contributed by atoms with Crippen LogP contribution in [-0.2, 0) is 5.75 Å². The number of hydrogen-bond donors (Lipinski definition) is 1. The number of aromatic amines is 1. The van der Waals surface area contributed by atoms with Crippen LogP contribution >= 0.6 is 11.8 Å². The molecule has 0 spiro atoms. The van der Waals surface area contributed by atoms with Gasteiger partial charge in [-0.15, -0.1) is 11.8 Å². The van der Waals surface area contributed by atoms with Gasteiger partial charge in [0.15, 0.2) is 5.82 Å². The van der Waals surface area contributed by atoms with Crippen LogP contribution in [0.25, 0.3) is 11.0 Å². The highest BCUT2D eigenvalue weighted by atomic mass is 32.2. The fraction of sp³-hybridized carbons (Fsp3) is 0.0714. The minimum Gasteiger partial charge on any atom is -0.341 e. The Hall–Kier alpha value is -1.81. The molecule has 0 unspecified atom stereocenters. The molecule has 0 radical (unpaired) electrons. The number of aromatic nitrogens is 2. The number of halogens is 1. The first-order chi connectivity index (χ1) is 8.83. The number of thioether (sulfide) groups is 1. The zero-order chi connectivity index (χ0) is 12.4. The van der Waals surface area contributed by atoms with Crippen molar-refractivity contribution in [2.45, 2.75) is 10.6 Å². The van der Waals surface area contributed by atoms with Crippen LogP contribution in [0.4, 0.5) is 4.39 Å². The summed E-state index contributed by atoms with van der Waals surface area (Å²) < 4.78 is 13.5. The summed E-state index contributed by atoms with van der Waals surface area (Å²) in [4.78, 5) is 8.59. The Morgan fingerprint density at radius 1 is 1.06 bits per heavy atom. The second kappa shape index (κ2) is 4.82. The first-order valence-corrected chi connectivity index (χ1v) is 6.62. The predicted molar refractivity (Wildman–Crippen MR) is 72.1 cm³/mol. The lowest BCUT2D eigenvalue weighted by Gasteiger charge is -1.97. The van der Waals surface area contributed by atoms with E-state index < -0.39 is 0 Å². The summed E-state index contributed by atoms with van der Waals surface area (Å²) in [5.41, 5.74) is 1.17. The molecule has 0 atom stereocenters. The van der Waals surface area contributed by atoms with Gasteiger partial charge >= 0.3 is 0 Å². The number of nitrogens with zero attached hydrogens (tertiary/aromatic N) is 1. The summed E-state index contributed by atoms with van der Waals surface area (Å²) in [7, 11) is 0. The molecule has 0 saturated heterocycles. The third-order valence-corrected chi connectivity index (χ3v) is 3.65. The van der Waals surface area contributed by atoms with E-state index in [1.54, 1.807) is 17.8 Å². The van der Waals surface area contributed by atoms with Gasteiger partial charge in [0.25, 0.3) is 0 Å². The number of hydrogen-bond acceptors (Lipinski definition) is 2. The maximum Gasteiger partial charge on any atom is 0.151 e. The van der Waals surface area contributed by atoms with Crippen LogP contribution in [0.3, 0.4) is 0 Å². The maximum absolute atomic E-state index is 13.5. The van der Waals surface area contributed by atoms with Crippen LogP contribution in [0.2, 0.25) is 0 Å². The third-order valence-electron chi connectivity index (χ3n) is 2.63. The molecule has 1 N–H and O–H groups in total. The van der Waals surface area contributed by atoms with Gasteiger partial charge in [-0.25, -0.2) is 9.37 Å². The minimum atomic E-state index is -0.278. The van der Waals surface area contributed by atoms with Gasteiger partial charge in [0.1, 0.15) is 11.3 Å². The summed E-state index contributed by atoms with van der Waals surface area (Å²) >= 11 is 1.68. The average Bonchev–Trinajstić information content (AvgIpc) is 2.82. The number of nitrogens with one attached hydrogen (secondary N) is 1. The molecule has 0 fully saturated rings. The SMILES string of the molecule is Fc1cccc2[nH]c(CSc3ccccc3)nc12. The Kier molecular flexibility index (Phi) is 3.02. The highest BCUT2D eigenvalue weighted by Gasteiger charge is 2.06. The zero-order valence-electron chi connectivity index (χ0n) is 9.56. The number of para-hydroxylation sites is 1. The molecule has 3 aromatic rings. The van der Waals surface area contributed by atoms with Crippen molar-refractivity contribution in [1.82, 2.24) is 9.97 Å². The molecule has 0 saturated carbocycles. The van der Waals surface area contributed by atoms with E-state index >= 15 is 0 Å². The second-order valence-electron chi connectivity index (χ2n) is 3.92. The quantitative estimate of drug-likeness (QED) is 0.719. The van der Waals surface area contributed by atoms with Crippen LogP contribution in [0.5, 0.6) is 0 Å². The molecule has 18 heavy (non-hydrogen) atoms. The standard InChI is InChI=1S/C14H11FN2S/c15-11-7-4-8-12-14(11)17-13(16-12)9-18-10-5-2-1-3-6-10/h1-8H,9H2,(H,16,17). The first kappa shape index (κ1) is 11.3. The molecule has 0 aliphatic heterocycles. The Balaban J connectivity index is 1.81. The Bertz CT molecular complexity index is 664. The van der Waals surface area contributed by atoms with Crippen LogP contribution in [0, 0.1) is 5.82 Å². The summed E-state index contributed by atoms with van der Waals surface area (Å²) in [6, 6.07) is 15.0. The van der Waals surface area contributed by atoms with Gasteiger partial charge in [-0.05, 0) is 24.3 Å². The fourth-order valence-electron chi connectivity index (χ4n) is 1.78. The van der Waals surface area contributed by atoms with E-state index in [0.717, 1.165) is 11.3 Å². The Morgan fingerprint density at radius 2 is 1.89 bits per heavy atom. The average molecular weight is 258 g/mol. The summed E-state index contributed by atoms with van der Waals surface area (Å²) in [6.45, 7) is 0. The van der Waals surface area contributed by atoms with Crippen molar-refractivity contribution in [1.29, 1.82) is 0 Å². The van der Waals surface area contributed by atoms with E-state index in [1.807, 2.05) is 36.4 Å². The van der Waals surface area contributed by atoms with Crippen molar-refractivity contribution >= 4 is 22.8 Å². The van der Waals surface area contributed by atoms with Crippen LogP contribution in [0.1, 0.15) is 5.82 Å². The van der Waals surface area contributed by atoms with E-state index in [1.165, 1.54) is 11.0 Å². The van der Waals surface area contributed by atoms with Gasteiger partial charge < -0.3 is 4.98 Å². The molecule has 90 valence electrons. The lowest BCUT2D eigenvalue weighted by atomic mass is 10.3. The Morgan fingerprint density at radius 3 is 2.67 bits per heavy atom. The minimum absolute atomic E-state index is 0.278. The summed E-state index contributed by atoms with van der Waals surface area (Å²) in [6.07, 6.45) is 0. The molecule has 2 aromatic carbocycles. The highest BCUT2D eigenvalue weighted by molar-refractivity contribution is 7.98. The van der Waals surface area contributed by atoms with Crippen molar-refractivity contribution in [3.63, 3.8) is 0 Å². The number of rotatable bonds is 3. The molecule has 2 nitrogen and oxygen atoms in total. The lowest BCUT2D eigenvalue weighted by Crippen LogP contribution is -1.83. The van der Waals surface area contributed by atoms with Crippen LogP contribution in [0.15, 0.2) is 53.4 Å². The topological polar surface area (TPSA) is 28.7 Å². The van der Waals surface area contributed by atoms with Gasteiger partial charge in [0, 0.05) is 4.90 Å². The van der Waals surface area contributed by atoms with E-state index in [-0.39, 0.29) is 5.82 Å². The molecule has 4 heteroatoms. The Labute approximate surface area is 108 Å². The predicted octanol–water partition coefficient (Wildman–Crippen LogP) is 3.99.